The van der Waals surface area contributed by atoms with Crippen molar-refractivity contribution in [1.29, 1.82) is 0 Å². The van der Waals surface area contributed by atoms with Crippen LogP contribution in [-0.4, -0.2) is 41.1 Å². The molecule has 0 amide bonds. The van der Waals surface area contributed by atoms with Gasteiger partial charge in [-0.1, -0.05) is 29.2 Å². The summed E-state index contributed by atoms with van der Waals surface area (Å²) in [5.74, 6) is -0.872. The highest BCUT2D eigenvalue weighted by Gasteiger charge is 2.08. The van der Waals surface area contributed by atoms with Gasteiger partial charge in [0.05, 0.1) is 5.75 Å². The van der Waals surface area contributed by atoms with Gasteiger partial charge in [0.1, 0.15) is 0 Å². The molecule has 0 fully saturated rings. The van der Waals surface area contributed by atoms with Crippen molar-refractivity contribution in [3.63, 3.8) is 0 Å². The number of carbonyl (C=O) groups is 1. The lowest BCUT2D eigenvalue weighted by Crippen LogP contribution is -2.10. The Kier molecular flexibility index (Phi) is 5.03. The van der Waals surface area contributed by atoms with Gasteiger partial charge in [0, 0.05) is 25.5 Å². The van der Waals surface area contributed by atoms with Crippen molar-refractivity contribution in [2.45, 2.75) is 11.3 Å². The highest BCUT2D eigenvalue weighted by Crippen LogP contribution is 2.29. The molecule has 0 saturated heterocycles. The van der Waals surface area contributed by atoms with Crippen molar-refractivity contribution in [1.82, 2.24) is 10.2 Å². The van der Waals surface area contributed by atoms with Gasteiger partial charge >= 0.3 is 5.97 Å². The van der Waals surface area contributed by atoms with E-state index in [2.05, 4.69) is 27.3 Å². The molecule has 8 heteroatoms. The quantitative estimate of drug-likeness (QED) is 0.791. The monoisotopic (exact) mass is 324 g/mol. The highest BCUT2D eigenvalue weighted by atomic mass is 32.2. The lowest BCUT2D eigenvalue weighted by molar-refractivity contribution is -0.133. The van der Waals surface area contributed by atoms with Crippen molar-refractivity contribution < 1.29 is 9.90 Å². The number of carboxylic acids is 1. The maximum absolute atomic E-state index is 10.5. The van der Waals surface area contributed by atoms with Crippen molar-refractivity contribution >= 4 is 45.6 Å². The van der Waals surface area contributed by atoms with Gasteiger partial charge in [-0.3, -0.25) is 4.79 Å². The van der Waals surface area contributed by atoms with E-state index in [1.165, 1.54) is 28.7 Å². The Bertz CT molecular complexity index is 643. The van der Waals surface area contributed by atoms with Crippen molar-refractivity contribution in [2.75, 3.05) is 30.1 Å². The Balaban J connectivity index is 2.08. The lowest BCUT2D eigenvalue weighted by atomic mass is 10.1. The second kappa shape index (κ2) is 6.77. The first-order valence-corrected chi connectivity index (χ1v) is 7.99. The summed E-state index contributed by atoms with van der Waals surface area (Å²) in [6, 6.07) is 6.06. The largest absolute Gasteiger partial charge is 0.481 e. The second-order valence-electron chi connectivity index (χ2n) is 4.58. The van der Waals surface area contributed by atoms with Crippen molar-refractivity contribution in [3.05, 3.63) is 23.8 Å². The summed E-state index contributed by atoms with van der Waals surface area (Å²) in [4.78, 5) is 12.6. The van der Waals surface area contributed by atoms with E-state index >= 15 is 0 Å². The molecule has 0 aliphatic heterocycles. The zero-order valence-corrected chi connectivity index (χ0v) is 13.6. The number of aryl methyl sites for hydroxylation is 1. The minimum atomic E-state index is -0.862. The summed E-state index contributed by atoms with van der Waals surface area (Å²) in [6.45, 7) is 2.06. The fourth-order valence-corrected chi connectivity index (χ4v) is 3.23. The Morgan fingerprint density at radius 3 is 2.86 bits per heavy atom. The van der Waals surface area contributed by atoms with E-state index in [1.807, 2.05) is 32.3 Å². The summed E-state index contributed by atoms with van der Waals surface area (Å²) in [6.07, 6.45) is 0. The topological polar surface area (TPSA) is 78.3 Å². The average molecular weight is 324 g/mol. The smallest absolute Gasteiger partial charge is 0.313 e. The van der Waals surface area contributed by atoms with Gasteiger partial charge in [0.15, 0.2) is 4.34 Å². The van der Waals surface area contributed by atoms with Crippen LogP contribution >= 0.6 is 23.1 Å². The second-order valence-corrected chi connectivity index (χ2v) is 6.78. The van der Waals surface area contributed by atoms with E-state index in [-0.39, 0.29) is 5.75 Å². The third-order valence-electron chi connectivity index (χ3n) is 2.67. The molecule has 0 radical (unpaired) electrons. The molecule has 112 valence electrons. The summed E-state index contributed by atoms with van der Waals surface area (Å²) in [5, 5.41) is 20.5. The zero-order valence-electron chi connectivity index (χ0n) is 12.0. The summed E-state index contributed by atoms with van der Waals surface area (Å²) < 4.78 is 0.639. The fraction of sp³-hybridized carbons (Fsp3) is 0.308. The van der Waals surface area contributed by atoms with E-state index in [0.717, 1.165) is 11.4 Å². The molecule has 0 aliphatic rings. The van der Waals surface area contributed by atoms with Gasteiger partial charge in [0.2, 0.25) is 5.13 Å². The molecule has 2 N–H and O–H groups in total. The number of aromatic nitrogens is 2. The first kappa shape index (κ1) is 15.6. The SMILES string of the molecule is Cc1ccc(Nc2nnc(SCC(=O)O)s2)cc1N(C)C. The number of hydrogen-bond donors (Lipinski definition) is 2. The predicted octanol–water partition coefficient (Wildman–Crippen LogP) is 2.83. The number of rotatable bonds is 6. The van der Waals surface area contributed by atoms with Crippen LogP contribution in [-0.2, 0) is 4.79 Å². The van der Waals surface area contributed by atoms with E-state index in [1.54, 1.807) is 0 Å². The van der Waals surface area contributed by atoms with Crippen LogP contribution in [0.1, 0.15) is 5.56 Å². The number of thioether (sulfide) groups is 1. The Morgan fingerprint density at radius 2 is 2.19 bits per heavy atom. The van der Waals surface area contributed by atoms with E-state index in [0.29, 0.717) is 9.47 Å². The number of nitrogens with one attached hydrogen (secondary N) is 1. The molecule has 21 heavy (non-hydrogen) atoms. The van der Waals surface area contributed by atoms with Crippen LogP contribution in [0, 0.1) is 6.92 Å². The molecule has 1 heterocycles. The summed E-state index contributed by atoms with van der Waals surface area (Å²) in [5.41, 5.74) is 3.25. The maximum atomic E-state index is 10.5. The van der Waals surface area contributed by atoms with E-state index in [9.17, 15) is 4.79 Å². The summed E-state index contributed by atoms with van der Waals surface area (Å²) in [7, 11) is 4.00. The lowest BCUT2D eigenvalue weighted by Gasteiger charge is -2.16. The van der Waals surface area contributed by atoms with E-state index in [4.69, 9.17) is 5.11 Å². The first-order chi connectivity index (χ1) is 9.95. The zero-order chi connectivity index (χ0) is 15.4. The Morgan fingerprint density at radius 1 is 1.43 bits per heavy atom. The van der Waals surface area contributed by atoms with Gasteiger partial charge in [-0.2, -0.15) is 0 Å². The first-order valence-electron chi connectivity index (χ1n) is 6.19. The van der Waals surface area contributed by atoms with Crippen LogP contribution in [0.25, 0.3) is 0 Å². The van der Waals surface area contributed by atoms with Crippen molar-refractivity contribution in [3.8, 4) is 0 Å². The molecule has 0 aliphatic carbocycles. The van der Waals surface area contributed by atoms with Crippen molar-refractivity contribution in [2.24, 2.45) is 0 Å². The van der Waals surface area contributed by atoms with E-state index < -0.39 is 5.97 Å². The minimum Gasteiger partial charge on any atom is -0.481 e. The van der Waals surface area contributed by atoms with Gasteiger partial charge < -0.3 is 15.3 Å². The van der Waals surface area contributed by atoms with Gasteiger partial charge in [-0.05, 0) is 24.6 Å². The van der Waals surface area contributed by atoms with Crippen LogP contribution in [0.4, 0.5) is 16.5 Å². The minimum absolute atomic E-state index is 0.00998. The average Bonchev–Trinajstić information content (AvgIpc) is 2.86. The Hall–Kier alpha value is -1.80. The van der Waals surface area contributed by atoms with Crippen LogP contribution in [0.3, 0.4) is 0 Å². The van der Waals surface area contributed by atoms with Gasteiger partial charge in [0.25, 0.3) is 0 Å². The van der Waals surface area contributed by atoms with Crippen LogP contribution in [0.15, 0.2) is 22.5 Å². The summed E-state index contributed by atoms with van der Waals surface area (Å²) >= 11 is 2.51. The van der Waals surface area contributed by atoms with Crippen LogP contribution in [0.5, 0.6) is 0 Å². The molecule has 0 bridgehead atoms. The molecule has 6 nitrogen and oxygen atoms in total. The van der Waals surface area contributed by atoms with Gasteiger partial charge in [-0.15, -0.1) is 10.2 Å². The number of anilines is 3. The molecular weight excluding hydrogens is 308 g/mol. The highest BCUT2D eigenvalue weighted by molar-refractivity contribution is 8.01. The number of hydrogen-bond acceptors (Lipinski definition) is 7. The van der Waals surface area contributed by atoms with Crippen LogP contribution in [0.2, 0.25) is 0 Å². The molecule has 2 aromatic rings. The maximum Gasteiger partial charge on any atom is 0.313 e. The third-order valence-corrected chi connectivity index (χ3v) is 4.62. The van der Waals surface area contributed by atoms with Gasteiger partial charge in [-0.25, -0.2) is 0 Å². The predicted molar refractivity (Wildman–Crippen MR) is 87.1 cm³/mol. The standard InChI is InChI=1S/C13H16N4O2S2/c1-8-4-5-9(6-10(8)17(2)3)14-12-15-16-13(21-12)20-7-11(18)19/h4-6H,7H2,1-3H3,(H,14,15)(H,18,19). The molecule has 1 aromatic carbocycles. The normalized spacial score (nSPS) is 10.4. The number of carboxylic acid groups (broad SMARTS) is 1. The fourth-order valence-electron chi connectivity index (χ4n) is 1.73. The molecular formula is C13H16N4O2S2. The molecule has 0 saturated carbocycles. The Labute approximate surface area is 131 Å². The molecule has 0 unspecified atom stereocenters. The molecule has 0 spiro atoms. The molecule has 2 rings (SSSR count). The molecule has 0 atom stereocenters. The van der Waals surface area contributed by atoms with Crippen LogP contribution < -0.4 is 10.2 Å². The third kappa shape index (κ3) is 4.33. The number of benzene rings is 1. The number of aliphatic carboxylic acids is 1. The number of nitrogens with zero attached hydrogens (tertiary/aromatic N) is 3. The molecule has 1 aromatic heterocycles.